The van der Waals surface area contributed by atoms with Gasteiger partial charge in [0, 0.05) is 12.5 Å². The highest BCUT2D eigenvalue weighted by Gasteiger charge is 2.14. The van der Waals surface area contributed by atoms with Gasteiger partial charge in [-0.1, -0.05) is 43.3 Å². The van der Waals surface area contributed by atoms with E-state index in [0.29, 0.717) is 11.3 Å². The van der Waals surface area contributed by atoms with Crippen molar-refractivity contribution in [3.63, 3.8) is 0 Å². The fourth-order valence-corrected chi connectivity index (χ4v) is 1.94. The average Bonchev–Trinajstić information content (AvgIpc) is 2.60. The van der Waals surface area contributed by atoms with Crippen molar-refractivity contribution in [3.8, 4) is 11.5 Å². The third kappa shape index (κ3) is 4.54. The van der Waals surface area contributed by atoms with E-state index < -0.39 is 5.97 Å². The van der Waals surface area contributed by atoms with Crippen molar-refractivity contribution in [1.29, 1.82) is 0 Å². The first kappa shape index (κ1) is 16.5. The molecule has 0 aliphatic carbocycles. The zero-order chi connectivity index (χ0) is 16.7. The predicted molar refractivity (Wildman–Crippen MR) is 88.7 cm³/mol. The molecule has 2 aromatic rings. The number of ether oxygens (including phenoxy) is 2. The molecule has 118 valence electrons. The van der Waals surface area contributed by atoms with E-state index in [1.165, 1.54) is 19.3 Å². The first-order valence-electron chi connectivity index (χ1n) is 7.30. The first-order valence-corrected chi connectivity index (χ1v) is 7.30. The van der Waals surface area contributed by atoms with E-state index in [9.17, 15) is 9.59 Å². The predicted octanol–water partition coefficient (Wildman–Crippen LogP) is 3.91. The molecule has 0 amide bonds. The maximum atomic E-state index is 12.4. The Bertz CT molecular complexity index is 717. The molecule has 0 unspecified atom stereocenters. The van der Waals surface area contributed by atoms with Crippen LogP contribution >= 0.6 is 0 Å². The van der Waals surface area contributed by atoms with Crippen LogP contribution in [0.25, 0.3) is 6.08 Å². The second-order valence-electron chi connectivity index (χ2n) is 4.80. The minimum Gasteiger partial charge on any atom is -0.497 e. The molecule has 0 aliphatic heterocycles. The van der Waals surface area contributed by atoms with Crippen molar-refractivity contribution in [2.24, 2.45) is 0 Å². The average molecular weight is 310 g/mol. The molecule has 0 heterocycles. The lowest BCUT2D eigenvalue weighted by Gasteiger charge is -2.09. The lowest BCUT2D eigenvalue weighted by Crippen LogP contribution is -2.09. The number of carbonyl (C=O) groups excluding carboxylic acids is 2. The van der Waals surface area contributed by atoms with E-state index in [4.69, 9.17) is 9.47 Å². The molecule has 2 rings (SSSR count). The van der Waals surface area contributed by atoms with E-state index >= 15 is 0 Å². The molecule has 2 aromatic carbocycles. The summed E-state index contributed by atoms with van der Waals surface area (Å²) in [6.45, 7) is 1.69. The van der Waals surface area contributed by atoms with Gasteiger partial charge in [-0.15, -0.1) is 0 Å². The van der Waals surface area contributed by atoms with Gasteiger partial charge in [-0.25, -0.2) is 0 Å². The normalized spacial score (nSPS) is 10.5. The summed E-state index contributed by atoms with van der Waals surface area (Å²) < 4.78 is 10.4. The van der Waals surface area contributed by atoms with Gasteiger partial charge in [-0.05, 0) is 23.8 Å². The van der Waals surface area contributed by atoms with Gasteiger partial charge in [-0.2, -0.15) is 0 Å². The molecule has 4 nitrogen and oxygen atoms in total. The van der Waals surface area contributed by atoms with Crippen LogP contribution in [0.3, 0.4) is 0 Å². The van der Waals surface area contributed by atoms with Crippen molar-refractivity contribution < 1.29 is 19.1 Å². The van der Waals surface area contributed by atoms with E-state index in [1.54, 1.807) is 25.1 Å². The monoisotopic (exact) mass is 310 g/mol. The third-order valence-electron chi connectivity index (χ3n) is 3.19. The van der Waals surface area contributed by atoms with Crippen LogP contribution in [0.1, 0.15) is 29.3 Å². The smallest absolute Gasteiger partial charge is 0.310 e. The molecule has 0 bridgehead atoms. The van der Waals surface area contributed by atoms with Gasteiger partial charge in [0.1, 0.15) is 11.5 Å². The molecule has 0 atom stereocenters. The maximum absolute atomic E-state index is 12.4. The van der Waals surface area contributed by atoms with Crippen LogP contribution in [0.2, 0.25) is 0 Å². The SMILES string of the molecule is CCC(=O)Oc1cc(OC)ccc1C(=O)C=Cc1ccccc1. The summed E-state index contributed by atoms with van der Waals surface area (Å²) in [5.74, 6) is 0.0844. The minimum absolute atomic E-state index is 0.207. The number of esters is 1. The van der Waals surface area contributed by atoms with Gasteiger partial charge in [-0.3, -0.25) is 9.59 Å². The van der Waals surface area contributed by atoms with Crippen LogP contribution < -0.4 is 9.47 Å². The van der Waals surface area contributed by atoms with Gasteiger partial charge in [0.2, 0.25) is 0 Å². The van der Waals surface area contributed by atoms with Crippen LogP contribution in [0.15, 0.2) is 54.6 Å². The number of rotatable bonds is 6. The molecule has 0 aromatic heterocycles. The van der Waals surface area contributed by atoms with Crippen LogP contribution in [-0.2, 0) is 4.79 Å². The van der Waals surface area contributed by atoms with Crippen molar-refractivity contribution >= 4 is 17.8 Å². The summed E-state index contributed by atoms with van der Waals surface area (Å²) in [6.07, 6.45) is 3.41. The van der Waals surface area contributed by atoms with Gasteiger partial charge in [0.05, 0.1) is 12.7 Å². The molecule has 0 spiro atoms. The Hall–Kier alpha value is -2.88. The van der Waals surface area contributed by atoms with E-state index in [2.05, 4.69) is 0 Å². The Morgan fingerprint density at radius 2 is 1.83 bits per heavy atom. The zero-order valence-electron chi connectivity index (χ0n) is 13.1. The van der Waals surface area contributed by atoms with Crippen LogP contribution in [0.4, 0.5) is 0 Å². The molecule has 0 N–H and O–H groups in total. The molecular weight excluding hydrogens is 292 g/mol. The molecule has 0 saturated carbocycles. The molecule has 0 saturated heterocycles. The first-order chi connectivity index (χ1) is 11.1. The van der Waals surface area contributed by atoms with Gasteiger partial charge >= 0.3 is 5.97 Å². The second kappa shape index (κ2) is 7.94. The van der Waals surface area contributed by atoms with Gasteiger partial charge in [0.15, 0.2) is 5.78 Å². The fourth-order valence-electron chi connectivity index (χ4n) is 1.94. The molecule has 0 radical (unpaired) electrons. The highest BCUT2D eigenvalue weighted by Crippen LogP contribution is 2.26. The summed E-state index contributed by atoms with van der Waals surface area (Å²) in [5.41, 5.74) is 1.24. The summed E-state index contributed by atoms with van der Waals surface area (Å²) in [4.78, 5) is 23.9. The largest absolute Gasteiger partial charge is 0.497 e. The number of hydrogen-bond donors (Lipinski definition) is 0. The highest BCUT2D eigenvalue weighted by molar-refractivity contribution is 6.09. The van der Waals surface area contributed by atoms with E-state index in [0.717, 1.165) is 5.56 Å². The molecular formula is C19H18O4. The van der Waals surface area contributed by atoms with E-state index in [-0.39, 0.29) is 18.0 Å². The number of allylic oxidation sites excluding steroid dienone is 1. The van der Waals surface area contributed by atoms with Crippen molar-refractivity contribution in [1.82, 2.24) is 0 Å². The lowest BCUT2D eigenvalue weighted by molar-refractivity contribution is -0.134. The van der Waals surface area contributed by atoms with Crippen LogP contribution in [0.5, 0.6) is 11.5 Å². The Morgan fingerprint density at radius 1 is 1.09 bits per heavy atom. The summed E-state index contributed by atoms with van der Waals surface area (Å²) in [7, 11) is 1.51. The Labute approximate surface area is 135 Å². The van der Waals surface area contributed by atoms with E-state index in [1.807, 2.05) is 30.3 Å². The molecule has 23 heavy (non-hydrogen) atoms. The quantitative estimate of drug-likeness (QED) is 0.351. The third-order valence-corrected chi connectivity index (χ3v) is 3.19. The molecule has 4 heteroatoms. The molecule has 0 fully saturated rings. The zero-order valence-corrected chi connectivity index (χ0v) is 13.1. The summed E-state index contributed by atoms with van der Waals surface area (Å²) >= 11 is 0. The lowest BCUT2D eigenvalue weighted by atomic mass is 10.1. The Morgan fingerprint density at radius 3 is 2.48 bits per heavy atom. The van der Waals surface area contributed by atoms with Crippen LogP contribution in [0, 0.1) is 0 Å². The molecule has 0 aliphatic rings. The van der Waals surface area contributed by atoms with Crippen molar-refractivity contribution in [2.45, 2.75) is 13.3 Å². The Balaban J connectivity index is 2.28. The second-order valence-corrected chi connectivity index (χ2v) is 4.80. The minimum atomic E-state index is -0.403. The number of hydrogen-bond acceptors (Lipinski definition) is 4. The van der Waals surface area contributed by atoms with Gasteiger partial charge in [0.25, 0.3) is 0 Å². The van der Waals surface area contributed by atoms with Crippen LogP contribution in [-0.4, -0.2) is 18.9 Å². The Kier molecular flexibility index (Phi) is 5.69. The topological polar surface area (TPSA) is 52.6 Å². The standard InChI is InChI=1S/C19H18O4/c1-3-19(21)23-18-13-15(22-2)10-11-16(18)17(20)12-9-14-7-5-4-6-8-14/h4-13H,3H2,1-2H3. The number of benzene rings is 2. The summed E-state index contributed by atoms with van der Waals surface area (Å²) in [6, 6.07) is 14.3. The number of carbonyl (C=O) groups is 2. The number of methoxy groups -OCH3 is 1. The van der Waals surface area contributed by atoms with Crippen molar-refractivity contribution in [3.05, 3.63) is 65.7 Å². The number of ketones is 1. The summed E-state index contributed by atoms with van der Waals surface area (Å²) in [5, 5.41) is 0. The highest BCUT2D eigenvalue weighted by atomic mass is 16.5. The van der Waals surface area contributed by atoms with Gasteiger partial charge < -0.3 is 9.47 Å². The fraction of sp³-hybridized carbons (Fsp3) is 0.158. The van der Waals surface area contributed by atoms with Crippen molar-refractivity contribution in [2.75, 3.05) is 7.11 Å². The maximum Gasteiger partial charge on any atom is 0.310 e.